The van der Waals surface area contributed by atoms with Crippen LogP contribution in [0, 0.1) is 16.0 Å². The Morgan fingerprint density at radius 3 is 2.27 bits per heavy atom. The molecule has 8 nitrogen and oxygen atoms in total. The lowest BCUT2D eigenvalue weighted by atomic mass is 9.89. The summed E-state index contributed by atoms with van der Waals surface area (Å²) in [7, 11) is 1.52. The Balaban J connectivity index is 1.58. The molecule has 33 heavy (non-hydrogen) atoms. The third-order valence-corrected chi connectivity index (χ3v) is 6.33. The van der Waals surface area contributed by atoms with E-state index in [2.05, 4.69) is 12.1 Å². The number of nitrogens with zero attached hydrogens (tertiary/aromatic N) is 3. The van der Waals surface area contributed by atoms with Crippen molar-refractivity contribution >= 4 is 23.1 Å². The van der Waals surface area contributed by atoms with Crippen molar-refractivity contribution in [3.8, 4) is 0 Å². The molecule has 2 aromatic carbocycles. The number of carbonyl (C=O) groups excluding carboxylic acids is 2. The highest BCUT2D eigenvalue weighted by Gasteiger charge is 2.42. The van der Waals surface area contributed by atoms with Gasteiger partial charge in [0, 0.05) is 32.3 Å². The summed E-state index contributed by atoms with van der Waals surface area (Å²) in [5, 5.41) is 11.0. The van der Waals surface area contributed by atoms with Gasteiger partial charge >= 0.3 is 0 Å². The van der Waals surface area contributed by atoms with Crippen molar-refractivity contribution in [3.05, 3.63) is 81.5 Å². The number of non-ortho nitro benzene ring substituents is 1. The lowest BCUT2D eigenvalue weighted by Crippen LogP contribution is -2.40. The number of imide groups is 1. The zero-order chi connectivity index (χ0) is 23.4. The van der Waals surface area contributed by atoms with Crippen LogP contribution in [0.2, 0.25) is 0 Å². The van der Waals surface area contributed by atoms with E-state index in [1.54, 1.807) is 12.1 Å². The molecule has 4 rings (SSSR count). The normalized spacial score (nSPS) is 17.2. The number of carbonyl (C=O) groups is 2. The van der Waals surface area contributed by atoms with Crippen molar-refractivity contribution in [1.29, 1.82) is 0 Å². The molecule has 0 spiro atoms. The molecule has 2 aliphatic heterocycles. The van der Waals surface area contributed by atoms with E-state index in [1.165, 1.54) is 29.7 Å². The minimum absolute atomic E-state index is 0.0596. The van der Waals surface area contributed by atoms with Crippen LogP contribution in [0.5, 0.6) is 0 Å². The summed E-state index contributed by atoms with van der Waals surface area (Å²) in [6.45, 7) is 1.77. The first kappa shape index (κ1) is 22.7. The number of likely N-dealkylation sites (tertiary alicyclic amines) is 1. The second-order valence-electron chi connectivity index (χ2n) is 8.40. The molecule has 2 aliphatic rings. The number of nitro groups is 1. The van der Waals surface area contributed by atoms with E-state index in [-0.39, 0.29) is 30.7 Å². The molecule has 2 aromatic rings. The molecule has 0 atom stereocenters. The van der Waals surface area contributed by atoms with E-state index in [1.807, 2.05) is 23.1 Å². The lowest BCUT2D eigenvalue weighted by molar-refractivity contribution is -0.384. The molecule has 0 radical (unpaired) electrons. The Hall–Kier alpha value is -3.52. The van der Waals surface area contributed by atoms with Crippen molar-refractivity contribution in [1.82, 2.24) is 9.80 Å². The van der Waals surface area contributed by atoms with Crippen molar-refractivity contribution in [3.63, 3.8) is 0 Å². The zero-order valence-corrected chi connectivity index (χ0v) is 18.6. The Kier molecular flexibility index (Phi) is 6.84. The number of ether oxygens (including phenoxy) is 1. The average Bonchev–Trinajstić information content (AvgIpc) is 3.08. The van der Waals surface area contributed by atoms with E-state index in [0.29, 0.717) is 35.8 Å². The number of hydrogen-bond acceptors (Lipinski definition) is 6. The van der Waals surface area contributed by atoms with Gasteiger partial charge in [-0.05, 0) is 48.4 Å². The zero-order valence-electron chi connectivity index (χ0n) is 18.6. The summed E-state index contributed by atoms with van der Waals surface area (Å²) < 4.78 is 5.08. The molecule has 2 amide bonds. The van der Waals surface area contributed by atoms with Gasteiger partial charge in [-0.2, -0.15) is 0 Å². The minimum atomic E-state index is -0.483. The van der Waals surface area contributed by atoms with E-state index < -0.39 is 4.92 Å². The smallest absolute Gasteiger partial charge is 0.277 e. The van der Waals surface area contributed by atoms with Gasteiger partial charge in [-0.15, -0.1) is 0 Å². The van der Waals surface area contributed by atoms with Crippen LogP contribution < -0.4 is 0 Å². The molecule has 2 heterocycles. The number of benzene rings is 2. The molecule has 1 saturated heterocycles. The molecule has 0 aliphatic carbocycles. The van der Waals surface area contributed by atoms with Crippen LogP contribution in [-0.4, -0.2) is 59.9 Å². The second kappa shape index (κ2) is 9.95. The van der Waals surface area contributed by atoms with Crippen LogP contribution in [0.4, 0.5) is 5.69 Å². The van der Waals surface area contributed by atoms with Crippen LogP contribution in [0.25, 0.3) is 5.57 Å². The standard InChI is InChI=1S/C25H27N3O5/c1-33-16-15-27-24(29)22(20-7-9-21(10-8-20)28(31)32)23(25(27)30)26-13-11-19(12-14-26)17-18-5-3-2-4-6-18/h2-10,19H,11-17H2,1H3. The largest absolute Gasteiger partial charge is 0.383 e. The maximum absolute atomic E-state index is 13.3. The lowest BCUT2D eigenvalue weighted by Gasteiger charge is -2.34. The molecule has 0 saturated carbocycles. The highest BCUT2D eigenvalue weighted by atomic mass is 16.6. The molecule has 172 valence electrons. The van der Waals surface area contributed by atoms with Crippen molar-refractivity contribution < 1.29 is 19.2 Å². The van der Waals surface area contributed by atoms with Crippen molar-refractivity contribution in [2.75, 3.05) is 33.4 Å². The molecule has 8 heteroatoms. The Morgan fingerprint density at radius 1 is 1.00 bits per heavy atom. The molecule has 0 bridgehead atoms. The molecule has 0 unspecified atom stereocenters. The van der Waals surface area contributed by atoms with E-state index in [9.17, 15) is 19.7 Å². The van der Waals surface area contributed by atoms with Crippen LogP contribution in [0.1, 0.15) is 24.0 Å². The van der Waals surface area contributed by atoms with Crippen LogP contribution >= 0.6 is 0 Å². The van der Waals surface area contributed by atoms with Crippen LogP contribution in [0.3, 0.4) is 0 Å². The quantitative estimate of drug-likeness (QED) is 0.349. The van der Waals surface area contributed by atoms with Gasteiger partial charge in [-0.1, -0.05) is 30.3 Å². The Labute approximate surface area is 192 Å². The Morgan fingerprint density at radius 2 is 1.67 bits per heavy atom. The summed E-state index contributed by atoms with van der Waals surface area (Å²) in [6, 6.07) is 16.2. The van der Waals surface area contributed by atoms with Gasteiger partial charge in [0.1, 0.15) is 5.70 Å². The van der Waals surface area contributed by atoms with E-state index >= 15 is 0 Å². The Bertz CT molecular complexity index is 1060. The maximum Gasteiger partial charge on any atom is 0.277 e. The molecule has 1 fully saturated rings. The first-order valence-electron chi connectivity index (χ1n) is 11.1. The van der Waals surface area contributed by atoms with Crippen LogP contribution in [0.15, 0.2) is 60.3 Å². The monoisotopic (exact) mass is 449 g/mol. The van der Waals surface area contributed by atoms with Crippen LogP contribution in [-0.2, 0) is 20.7 Å². The first-order valence-corrected chi connectivity index (χ1v) is 11.1. The number of piperidine rings is 1. The molecular formula is C25H27N3O5. The maximum atomic E-state index is 13.3. The SMILES string of the molecule is COCCN1C(=O)C(c2ccc([N+](=O)[O-])cc2)=C(N2CCC(Cc3ccccc3)CC2)C1=O. The second-order valence-corrected chi connectivity index (χ2v) is 8.40. The third-order valence-electron chi connectivity index (χ3n) is 6.33. The van der Waals surface area contributed by atoms with E-state index in [4.69, 9.17) is 4.74 Å². The summed E-state index contributed by atoms with van der Waals surface area (Å²) in [5.41, 5.74) is 2.46. The van der Waals surface area contributed by atoms with Crippen molar-refractivity contribution in [2.24, 2.45) is 5.92 Å². The average molecular weight is 450 g/mol. The van der Waals surface area contributed by atoms with Gasteiger partial charge < -0.3 is 9.64 Å². The van der Waals surface area contributed by atoms with Gasteiger partial charge in [-0.25, -0.2) is 0 Å². The topological polar surface area (TPSA) is 93.0 Å². The molecule has 0 aromatic heterocycles. The van der Waals surface area contributed by atoms with Gasteiger partial charge in [0.25, 0.3) is 17.5 Å². The van der Waals surface area contributed by atoms with Crippen molar-refractivity contribution in [2.45, 2.75) is 19.3 Å². The highest BCUT2D eigenvalue weighted by molar-refractivity contribution is 6.35. The molecule has 0 N–H and O–H groups in total. The highest BCUT2D eigenvalue weighted by Crippen LogP contribution is 2.35. The summed E-state index contributed by atoms with van der Waals surface area (Å²) in [5.74, 6) is -0.192. The fraction of sp³-hybridized carbons (Fsp3) is 0.360. The fourth-order valence-corrected chi connectivity index (χ4v) is 4.56. The van der Waals surface area contributed by atoms with E-state index in [0.717, 1.165) is 19.3 Å². The van der Waals surface area contributed by atoms with Gasteiger partial charge in [0.15, 0.2) is 0 Å². The minimum Gasteiger partial charge on any atom is -0.383 e. The fourth-order valence-electron chi connectivity index (χ4n) is 4.56. The third kappa shape index (κ3) is 4.80. The number of nitro benzene ring substituents is 1. The van der Waals surface area contributed by atoms with Gasteiger partial charge in [-0.3, -0.25) is 24.6 Å². The predicted octanol–water partition coefficient (Wildman–Crippen LogP) is 3.28. The summed E-state index contributed by atoms with van der Waals surface area (Å²) in [4.78, 5) is 40.3. The summed E-state index contributed by atoms with van der Waals surface area (Å²) >= 11 is 0. The number of hydrogen-bond donors (Lipinski definition) is 0. The predicted molar refractivity (Wildman–Crippen MR) is 123 cm³/mol. The summed E-state index contributed by atoms with van der Waals surface area (Å²) in [6.07, 6.45) is 2.84. The van der Waals surface area contributed by atoms with Gasteiger partial charge in [0.05, 0.1) is 23.6 Å². The number of amides is 2. The van der Waals surface area contributed by atoms with Gasteiger partial charge in [0.2, 0.25) is 0 Å². The molecular weight excluding hydrogens is 422 g/mol. The number of methoxy groups -OCH3 is 1. The first-order chi connectivity index (χ1) is 16.0. The number of rotatable bonds is 8.